The second-order valence-corrected chi connectivity index (χ2v) is 3.97. The van der Waals surface area contributed by atoms with E-state index in [9.17, 15) is 9.59 Å². The number of carboxylic acids is 1. The monoisotopic (exact) mass is 216 g/mol. The lowest BCUT2D eigenvalue weighted by Gasteiger charge is -2.22. The Labute approximate surface area is 90.2 Å². The van der Waals surface area contributed by atoms with Gasteiger partial charge in [-0.3, -0.25) is 9.59 Å². The Balaban J connectivity index is 4.28. The first-order valence-electron chi connectivity index (χ1n) is 5.08. The number of hydrogen-bond acceptors (Lipinski definition) is 3. The highest BCUT2D eigenvalue weighted by Crippen LogP contribution is 2.06. The Morgan fingerprint density at radius 2 is 1.80 bits per heavy atom. The third-order valence-corrected chi connectivity index (χ3v) is 2.35. The summed E-state index contributed by atoms with van der Waals surface area (Å²) >= 11 is 0. The topological polar surface area (TPSA) is 78.4 Å². The maximum Gasteiger partial charge on any atom is 0.305 e. The first kappa shape index (κ1) is 13.9. The van der Waals surface area contributed by atoms with Gasteiger partial charge in [0, 0.05) is 6.04 Å². The molecule has 0 aliphatic heterocycles. The number of likely N-dealkylation sites (N-methyl/N-ethyl adjacent to an activating group) is 1. The van der Waals surface area contributed by atoms with E-state index in [1.807, 2.05) is 13.8 Å². The first-order valence-corrected chi connectivity index (χ1v) is 5.08. The van der Waals surface area contributed by atoms with Crippen LogP contribution in [0.15, 0.2) is 0 Å². The predicted octanol–water partition coefficient (Wildman–Crippen LogP) is 0.210. The zero-order valence-corrected chi connectivity index (χ0v) is 9.70. The van der Waals surface area contributed by atoms with Crippen LogP contribution in [0.25, 0.3) is 0 Å². The molecule has 0 rings (SSSR count). The third kappa shape index (κ3) is 5.37. The molecule has 2 atom stereocenters. The largest absolute Gasteiger partial charge is 0.481 e. The van der Waals surface area contributed by atoms with Gasteiger partial charge in [-0.05, 0) is 19.9 Å². The van der Waals surface area contributed by atoms with Crippen molar-refractivity contribution in [2.24, 2.45) is 5.92 Å². The Kier molecular flexibility index (Phi) is 5.93. The molecule has 1 amide bonds. The summed E-state index contributed by atoms with van der Waals surface area (Å²) in [6.45, 7) is 5.50. The molecule has 0 aliphatic rings. The van der Waals surface area contributed by atoms with Crippen molar-refractivity contribution in [2.75, 3.05) is 7.05 Å². The highest BCUT2D eigenvalue weighted by molar-refractivity contribution is 5.82. The van der Waals surface area contributed by atoms with Gasteiger partial charge in [-0.2, -0.15) is 0 Å². The van der Waals surface area contributed by atoms with E-state index in [-0.39, 0.29) is 30.3 Å². The number of nitrogens with one attached hydrogen (secondary N) is 2. The standard InChI is InChI=1S/C10H20N2O3/c1-6(2)8(5-9(13)14)12-10(15)7(3)11-4/h6-8,11H,5H2,1-4H3,(H,12,15)(H,13,14). The Hall–Kier alpha value is -1.10. The van der Waals surface area contributed by atoms with Crippen LogP contribution in [0.2, 0.25) is 0 Å². The molecule has 2 unspecified atom stereocenters. The number of carbonyl (C=O) groups excluding carboxylic acids is 1. The van der Waals surface area contributed by atoms with E-state index in [1.165, 1.54) is 0 Å². The summed E-state index contributed by atoms with van der Waals surface area (Å²) in [5.74, 6) is -0.960. The fraction of sp³-hybridized carbons (Fsp3) is 0.800. The molecule has 0 aromatic heterocycles. The quantitative estimate of drug-likeness (QED) is 0.593. The fourth-order valence-corrected chi connectivity index (χ4v) is 1.08. The zero-order valence-electron chi connectivity index (χ0n) is 9.70. The highest BCUT2D eigenvalue weighted by atomic mass is 16.4. The maximum atomic E-state index is 11.5. The van der Waals surface area contributed by atoms with Crippen molar-refractivity contribution in [2.45, 2.75) is 39.3 Å². The second-order valence-electron chi connectivity index (χ2n) is 3.97. The molecule has 0 fully saturated rings. The third-order valence-electron chi connectivity index (χ3n) is 2.35. The molecule has 0 saturated carbocycles. The van der Waals surface area contributed by atoms with Crippen LogP contribution in [0.5, 0.6) is 0 Å². The lowest BCUT2D eigenvalue weighted by Crippen LogP contribution is -2.47. The lowest BCUT2D eigenvalue weighted by molar-refractivity contribution is -0.138. The van der Waals surface area contributed by atoms with Crippen LogP contribution in [-0.4, -0.2) is 36.1 Å². The van der Waals surface area contributed by atoms with Gasteiger partial charge in [0.15, 0.2) is 0 Å². The Bertz CT molecular complexity index is 229. The van der Waals surface area contributed by atoms with Gasteiger partial charge in [0.2, 0.25) is 5.91 Å². The van der Waals surface area contributed by atoms with Crippen molar-refractivity contribution < 1.29 is 14.7 Å². The summed E-state index contributed by atoms with van der Waals surface area (Å²) in [6, 6.07) is -0.620. The molecular formula is C10H20N2O3. The minimum atomic E-state index is -0.897. The molecule has 3 N–H and O–H groups in total. The summed E-state index contributed by atoms with van der Waals surface area (Å²) in [7, 11) is 1.69. The van der Waals surface area contributed by atoms with Crippen molar-refractivity contribution in [1.29, 1.82) is 0 Å². The first-order chi connectivity index (χ1) is 6.88. The molecule has 15 heavy (non-hydrogen) atoms. The summed E-state index contributed by atoms with van der Waals surface area (Å²) in [4.78, 5) is 22.1. The molecule has 0 spiro atoms. The van der Waals surface area contributed by atoms with E-state index in [2.05, 4.69) is 10.6 Å². The zero-order chi connectivity index (χ0) is 12.0. The fourth-order valence-electron chi connectivity index (χ4n) is 1.08. The normalized spacial score (nSPS) is 14.7. The molecule has 0 aromatic rings. The smallest absolute Gasteiger partial charge is 0.305 e. The summed E-state index contributed by atoms with van der Waals surface area (Å²) in [5, 5.41) is 14.2. The minimum absolute atomic E-state index is 0.0418. The molecule has 0 heterocycles. The molecule has 0 aromatic carbocycles. The van der Waals surface area contributed by atoms with Crippen molar-refractivity contribution >= 4 is 11.9 Å². The molecular weight excluding hydrogens is 196 g/mol. The number of rotatable bonds is 6. The lowest BCUT2D eigenvalue weighted by atomic mass is 10.0. The Morgan fingerprint density at radius 3 is 2.13 bits per heavy atom. The van der Waals surface area contributed by atoms with E-state index in [0.29, 0.717) is 0 Å². The van der Waals surface area contributed by atoms with Gasteiger partial charge in [-0.25, -0.2) is 0 Å². The van der Waals surface area contributed by atoms with Crippen LogP contribution in [-0.2, 0) is 9.59 Å². The second kappa shape index (κ2) is 6.40. The van der Waals surface area contributed by atoms with Gasteiger partial charge in [0.25, 0.3) is 0 Å². The van der Waals surface area contributed by atoms with Crippen molar-refractivity contribution in [3.8, 4) is 0 Å². The van der Waals surface area contributed by atoms with Crippen molar-refractivity contribution in [3.05, 3.63) is 0 Å². The predicted molar refractivity (Wildman–Crippen MR) is 57.5 cm³/mol. The minimum Gasteiger partial charge on any atom is -0.481 e. The summed E-state index contributed by atoms with van der Waals surface area (Å²) in [5.41, 5.74) is 0. The van der Waals surface area contributed by atoms with E-state index >= 15 is 0 Å². The molecule has 0 bridgehead atoms. The van der Waals surface area contributed by atoms with Gasteiger partial charge in [0.05, 0.1) is 12.5 Å². The SMILES string of the molecule is CNC(C)C(=O)NC(CC(=O)O)C(C)C. The molecule has 0 saturated heterocycles. The van der Waals surface area contributed by atoms with Crippen molar-refractivity contribution in [3.63, 3.8) is 0 Å². The van der Waals surface area contributed by atoms with Crippen LogP contribution < -0.4 is 10.6 Å². The van der Waals surface area contributed by atoms with E-state index < -0.39 is 5.97 Å². The van der Waals surface area contributed by atoms with Crippen LogP contribution in [0.4, 0.5) is 0 Å². The van der Waals surface area contributed by atoms with Crippen LogP contribution >= 0.6 is 0 Å². The number of amides is 1. The number of carboxylic acid groups (broad SMARTS) is 1. The molecule has 88 valence electrons. The van der Waals surface area contributed by atoms with Crippen LogP contribution in [0.1, 0.15) is 27.2 Å². The van der Waals surface area contributed by atoms with E-state index in [4.69, 9.17) is 5.11 Å². The van der Waals surface area contributed by atoms with Gasteiger partial charge in [0.1, 0.15) is 0 Å². The van der Waals surface area contributed by atoms with E-state index in [0.717, 1.165) is 0 Å². The van der Waals surface area contributed by atoms with Crippen LogP contribution in [0, 0.1) is 5.92 Å². The van der Waals surface area contributed by atoms with Gasteiger partial charge >= 0.3 is 5.97 Å². The summed E-state index contributed by atoms with van der Waals surface area (Å²) < 4.78 is 0. The average molecular weight is 216 g/mol. The van der Waals surface area contributed by atoms with Gasteiger partial charge in [-0.1, -0.05) is 13.8 Å². The number of aliphatic carboxylic acids is 1. The van der Waals surface area contributed by atoms with E-state index in [1.54, 1.807) is 14.0 Å². The molecule has 0 radical (unpaired) electrons. The van der Waals surface area contributed by atoms with Gasteiger partial charge < -0.3 is 15.7 Å². The number of hydrogen-bond donors (Lipinski definition) is 3. The molecule has 5 heteroatoms. The molecule has 5 nitrogen and oxygen atoms in total. The Morgan fingerprint density at radius 1 is 1.27 bits per heavy atom. The highest BCUT2D eigenvalue weighted by Gasteiger charge is 2.21. The average Bonchev–Trinajstić information content (AvgIpc) is 2.14. The molecule has 0 aliphatic carbocycles. The van der Waals surface area contributed by atoms with Crippen molar-refractivity contribution in [1.82, 2.24) is 10.6 Å². The van der Waals surface area contributed by atoms with Crippen LogP contribution in [0.3, 0.4) is 0 Å². The van der Waals surface area contributed by atoms with Gasteiger partial charge in [-0.15, -0.1) is 0 Å². The summed E-state index contributed by atoms with van der Waals surface area (Å²) in [6.07, 6.45) is -0.0418. The maximum absolute atomic E-state index is 11.5. The number of carbonyl (C=O) groups is 2.